The van der Waals surface area contributed by atoms with Crippen LogP contribution >= 0.6 is 11.6 Å². The molecule has 0 spiro atoms. The summed E-state index contributed by atoms with van der Waals surface area (Å²) in [6.07, 6.45) is 1.14. The van der Waals surface area contributed by atoms with Crippen LogP contribution in [0.15, 0.2) is 41.4 Å². The molecule has 0 saturated carbocycles. The van der Waals surface area contributed by atoms with Crippen LogP contribution in [0.1, 0.15) is 5.56 Å². The lowest BCUT2D eigenvalue weighted by atomic mass is 10.2. The third kappa shape index (κ3) is 3.21. The number of hydrogen-bond donors (Lipinski definition) is 1. The number of hydrogen-bond acceptors (Lipinski definition) is 3. The summed E-state index contributed by atoms with van der Waals surface area (Å²) in [5.74, 6) is -0.516. The van der Waals surface area contributed by atoms with Gasteiger partial charge in [-0.3, -0.25) is 4.72 Å². The normalized spacial score (nSPS) is 11.3. The fourth-order valence-corrected chi connectivity index (χ4v) is 2.61. The number of aryl methyl sites for hydroxylation is 1. The Bertz CT molecular complexity index is 702. The Kier molecular flexibility index (Phi) is 3.73. The molecule has 0 atom stereocenters. The third-order valence-electron chi connectivity index (χ3n) is 2.45. The molecule has 0 aliphatic heterocycles. The summed E-state index contributed by atoms with van der Waals surface area (Å²) >= 11 is 5.59. The van der Waals surface area contributed by atoms with E-state index in [1.165, 1.54) is 24.3 Å². The van der Waals surface area contributed by atoms with E-state index in [2.05, 4.69) is 9.71 Å². The van der Waals surface area contributed by atoms with Crippen LogP contribution in [-0.2, 0) is 10.0 Å². The maximum absolute atomic E-state index is 13.1. The van der Waals surface area contributed by atoms with Gasteiger partial charge in [-0.05, 0) is 36.8 Å². The minimum atomic E-state index is -3.81. The number of anilines is 1. The zero-order valence-corrected chi connectivity index (χ0v) is 11.5. The van der Waals surface area contributed by atoms with Gasteiger partial charge in [0.15, 0.2) is 0 Å². The number of sulfonamides is 1. The Morgan fingerprint density at radius 2 is 2.00 bits per heavy atom. The minimum absolute atomic E-state index is 0.0411. The van der Waals surface area contributed by atoms with Crippen LogP contribution in [0.25, 0.3) is 0 Å². The zero-order chi connectivity index (χ0) is 14.0. The summed E-state index contributed by atoms with van der Waals surface area (Å²) < 4.78 is 39.5. The molecule has 0 unspecified atom stereocenters. The molecule has 0 fully saturated rings. The SMILES string of the molecule is Cc1ccc(F)cc1NS(=O)(=O)c1ccc(Cl)nc1. The van der Waals surface area contributed by atoms with Gasteiger partial charge in [0.25, 0.3) is 10.0 Å². The molecule has 0 saturated heterocycles. The van der Waals surface area contributed by atoms with E-state index in [1.54, 1.807) is 6.92 Å². The van der Waals surface area contributed by atoms with E-state index in [0.717, 1.165) is 12.3 Å². The van der Waals surface area contributed by atoms with Gasteiger partial charge in [-0.1, -0.05) is 17.7 Å². The van der Waals surface area contributed by atoms with E-state index in [9.17, 15) is 12.8 Å². The number of nitrogens with zero attached hydrogens (tertiary/aromatic N) is 1. The van der Waals surface area contributed by atoms with Crippen molar-refractivity contribution in [1.29, 1.82) is 0 Å². The number of pyridine rings is 1. The van der Waals surface area contributed by atoms with Crippen molar-refractivity contribution in [2.24, 2.45) is 0 Å². The number of benzene rings is 1. The molecule has 100 valence electrons. The number of halogens is 2. The summed E-state index contributed by atoms with van der Waals surface area (Å²) in [5, 5.41) is 0.195. The standard InChI is InChI=1S/C12H10ClFN2O2S/c1-8-2-3-9(14)6-11(8)16-19(17,18)10-4-5-12(13)15-7-10/h2-7,16H,1H3. The lowest BCUT2D eigenvalue weighted by molar-refractivity contribution is 0.600. The van der Waals surface area contributed by atoms with Crippen molar-refractivity contribution in [2.75, 3.05) is 4.72 Å². The van der Waals surface area contributed by atoms with Gasteiger partial charge in [-0.15, -0.1) is 0 Å². The van der Waals surface area contributed by atoms with Crippen LogP contribution < -0.4 is 4.72 Å². The molecule has 0 amide bonds. The number of aromatic nitrogens is 1. The molecule has 4 nitrogen and oxygen atoms in total. The average Bonchev–Trinajstić information content (AvgIpc) is 2.34. The topological polar surface area (TPSA) is 59.1 Å². The average molecular weight is 301 g/mol. The summed E-state index contributed by atoms with van der Waals surface area (Å²) in [6, 6.07) is 6.57. The first kappa shape index (κ1) is 13.8. The van der Waals surface area contributed by atoms with Crippen LogP contribution in [0, 0.1) is 12.7 Å². The molecule has 1 heterocycles. The lowest BCUT2D eigenvalue weighted by Crippen LogP contribution is -2.14. The molecule has 2 rings (SSSR count). The second-order valence-corrected chi connectivity index (χ2v) is 5.95. The van der Waals surface area contributed by atoms with Gasteiger partial charge in [0.1, 0.15) is 15.9 Å². The van der Waals surface area contributed by atoms with Crippen LogP contribution in [0.4, 0.5) is 10.1 Å². The van der Waals surface area contributed by atoms with Gasteiger partial charge >= 0.3 is 0 Å². The zero-order valence-electron chi connectivity index (χ0n) is 9.89. The fraction of sp³-hybridized carbons (Fsp3) is 0.0833. The van der Waals surface area contributed by atoms with E-state index >= 15 is 0 Å². The summed E-state index contributed by atoms with van der Waals surface area (Å²) in [6.45, 7) is 1.68. The van der Waals surface area contributed by atoms with Crippen LogP contribution in [0.3, 0.4) is 0 Å². The maximum atomic E-state index is 13.1. The first-order valence-electron chi connectivity index (χ1n) is 5.29. The molecule has 0 aliphatic carbocycles. The molecule has 2 aromatic rings. The van der Waals surface area contributed by atoms with Crippen molar-refractivity contribution in [2.45, 2.75) is 11.8 Å². The highest BCUT2D eigenvalue weighted by Crippen LogP contribution is 2.20. The van der Waals surface area contributed by atoms with E-state index < -0.39 is 15.8 Å². The van der Waals surface area contributed by atoms with Gasteiger partial charge in [0.2, 0.25) is 0 Å². The Balaban J connectivity index is 2.36. The molecule has 1 aromatic carbocycles. The van der Waals surface area contributed by atoms with Gasteiger partial charge in [0.05, 0.1) is 5.69 Å². The maximum Gasteiger partial charge on any atom is 0.263 e. The molecule has 1 aromatic heterocycles. The highest BCUT2D eigenvalue weighted by atomic mass is 35.5. The molecular formula is C12H10ClFN2O2S. The van der Waals surface area contributed by atoms with Crippen LogP contribution in [-0.4, -0.2) is 13.4 Å². The van der Waals surface area contributed by atoms with Crippen molar-refractivity contribution >= 4 is 27.3 Å². The molecular weight excluding hydrogens is 291 g/mol. The van der Waals surface area contributed by atoms with Gasteiger partial charge in [0, 0.05) is 6.20 Å². The monoisotopic (exact) mass is 300 g/mol. The summed E-state index contributed by atoms with van der Waals surface area (Å²) in [7, 11) is -3.81. The van der Waals surface area contributed by atoms with Crippen molar-refractivity contribution in [3.8, 4) is 0 Å². The summed E-state index contributed by atoms with van der Waals surface area (Å²) in [4.78, 5) is 3.66. The Labute approximate surface area is 115 Å². The quantitative estimate of drug-likeness (QED) is 0.887. The lowest BCUT2D eigenvalue weighted by Gasteiger charge is -2.10. The van der Waals surface area contributed by atoms with E-state index in [1.807, 2.05) is 0 Å². The van der Waals surface area contributed by atoms with Crippen LogP contribution in [0.2, 0.25) is 5.15 Å². The molecule has 19 heavy (non-hydrogen) atoms. The highest BCUT2D eigenvalue weighted by Gasteiger charge is 2.16. The van der Waals surface area contributed by atoms with Crippen molar-refractivity contribution in [3.63, 3.8) is 0 Å². The molecule has 0 aliphatic rings. The molecule has 1 N–H and O–H groups in total. The van der Waals surface area contributed by atoms with Gasteiger partial charge in [-0.2, -0.15) is 0 Å². The van der Waals surface area contributed by atoms with Crippen molar-refractivity contribution in [1.82, 2.24) is 4.98 Å². The third-order valence-corrected chi connectivity index (χ3v) is 4.03. The second-order valence-electron chi connectivity index (χ2n) is 3.88. The largest absolute Gasteiger partial charge is 0.279 e. The summed E-state index contributed by atoms with van der Waals surface area (Å²) in [5.41, 5.74) is 0.807. The highest BCUT2D eigenvalue weighted by molar-refractivity contribution is 7.92. The predicted molar refractivity (Wildman–Crippen MR) is 71.2 cm³/mol. The molecule has 7 heteroatoms. The van der Waals surface area contributed by atoms with E-state index in [0.29, 0.717) is 5.56 Å². The van der Waals surface area contributed by atoms with Crippen LogP contribution in [0.5, 0.6) is 0 Å². The first-order valence-corrected chi connectivity index (χ1v) is 7.15. The second kappa shape index (κ2) is 5.14. The van der Waals surface area contributed by atoms with Crippen molar-refractivity contribution < 1.29 is 12.8 Å². The first-order chi connectivity index (χ1) is 8.88. The van der Waals surface area contributed by atoms with Gasteiger partial charge < -0.3 is 0 Å². The Morgan fingerprint density at radius 3 is 2.63 bits per heavy atom. The number of rotatable bonds is 3. The van der Waals surface area contributed by atoms with E-state index in [-0.39, 0.29) is 15.7 Å². The Morgan fingerprint density at radius 1 is 1.26 bits per heavy atom. The minimum Gasteiger partial charge on any atom is -0.279 e. The fourth-order valence-electron chi connectivity index (χ4n) is 1.43. The van der Waals surface area contributed by atoms with E-state index in [4.69, 9.17) is 11.6 Å². The molecule has 0 radical (unpaired) electrons. The Hall–Kier alpha value is -1.66. The predicted octanol–water partition coefficient (Wildman–Crippen LogP) is 2.98. The van der Waals surface area contributed by atoms with Crippen molar-refractivity contribution in [3.05, 3.63) is 53.1 Å². The smallest absolute Gasteiger partial charge is 0.263 e. The molecule has 0 bridgehead atoms. The number of nitrogens with one attached hydrogen (secondary N) is 1. The van der Waals surface area contributed by atoms with Gasteiger partial charge in [-0.25, -0.2) is 17.8 Å².